The first kappa shape index (κ1) is 20.1. The summed E-state index contributed by atoms with van der Waals surface area (Å²) in [7, 11) is -2.51. The number of amidine groups is 1. The topological polar surface area (TPSA) is 76.0 Å². The monoisotopic (exact) mass is 420 g/mol. The fraction of sp³-hybridized carbons (Fsp3) is 0.158. The van der Waals surface area contributed by atoms with Crippen molar-refractivity contribution in [3.63, 3.8) is 0 Å². The van der Waals surface area contributed by atoms with Crippen LogP contribution in [0.15, 0.2) is 62.7 Å². The molecule has 3 rings (SSSR count). The van der Waals surface area contributed by atoms with Gasteiger partial charge in [-0.3, -0.25) is 9.69 Å². The lowest BCUT2D eigenvalue weighted by Crippen LogP contribution is -2.29. The van der Waals surface area contributed by atoms with E-state index < -0.39 is 15.8 Å². The summed E-state index contributed by atoms with van der Waals surface area (Å²) in [5.41, 5.74) is 0.773. The van der Waals surface area contributed by atoms with Gasteiger partial charge in [-0.05, 0) is 66.7 Å². The molecule has 1 aliphatic rings. The average Bonchev–Trinajstić information content (AvgIpc) is 2.96. The second-order valence-electron chi connectivity index (χ2n) is 5.74. The number of carbonyl (C=O) groups excluding carboxylic acids is 1. The molecule has 1 saturated heterocycles. The number of nitrogens with zero attached hydrogens (tertiary/aromatic N) is 2. The van der Waals surface area contributed by atoms with Crippen molar-refractivity contribution >= 4 is 38.9 Å². The van der Waals surface area contributed by atoms with E-state index in [1.165, 1.54) is 4.90 Å². The molecule has 1 aliphatic heterocycles. The Hall–Kier alpha value is -2.65. The normalized spacial score (nSPS) is 17.5. The standard InChI is InChI=1S/C19H17FN2O4S2/c1-3-22-18(23)17(12-13-4-8-15(26-2)9-5-13)27-19(22)21-28(24,25)16-10-6-14(20)7-11-16/h4-12H,3H2,1-2H3. The summed E-state index contributed by atoms with van der Waals surface area (Å²) in [6.45, 7) is 2.00. The number of halogens is 1. The van der Waals surface area contributed by atoms with E-state index in [9.17, 15) is 17.6 Å². The molecule has 0 atom stereocenters. The Morgan fingerprint density at radius 2 is 1.79 bits per heavy atom. The van der Waals surface area contributed by atoms with Crippen molar-refractivity contribution in [2.75, 3.05) is 13.7 Å². The maximum Gasteiger partial charge on any atom is 0.284 e. The van der Waals surface area contributed by atoms with Crippen LogP contribution in [0.5, 0.6) is 5.75 Å². The summed E-state index contributed by atoms with van der Waals surface area (Å²) in [5.74, 6) is -0.177. The van der Waals surface area contributed by atoms with Gasteiger partial charge >= 0.3 is 0 Å². The maximum atomic E-state index is 13.1. The highest BCUT2D eigenvalue weighted by Crippen LogP contribution is 2.33. The molecule has 0 aliphatic carbocycles. The Kier molecular flexibility index (Phi) is 5.85. The van der Waals surface area contributed by atoms with Gasteiger partial charge < -0.3 is 4.74 Å². The molecule has 6 nitrogen and oxygen atoms in total. The lowest BCUT2D eigenvalue weighted by molar-refractivity contribution is -0.122. The predicted octanol–water partition coefficient (Wildman–Crippen LogP) is 3.52. The average molecular weight is 420 g/mol. The molecule has 0 saturated carbocycles. The molecule has 0 radical (unpaired) electrons. The summed E-state index contributed by atoms with van der Waals surface area (Å²) in [6, 6.07) is 11.5. The molecule has 1 heterocycles. The van der Waals surface area contributed by atoms with Crippen LogP contribution in [0.2, 0.25) is 0 Å². The number of ether oxygens (including phenoxy) is 1. The van der Waals surface area contributed by atoms with E-state index in [1.807, 2.05) is 0 Å². The van der Waals surface area contributed by atoms with Crippen LogP contribution >= 0.6 is 11.8 Å². The predicted molar refractivity (Wildman–Crippen MR) is 107 cm³/mol. The minimum atomic E-state index is -4.07. The van der Waals surface area contributed by atoms with Gasteiger partial charge in [-0.25, -0.2) is 4.39 Å². The van der Waals surface area contributed by atoms with E-state index in [-0.39, 0.29) is 22.5 Å². The van der Waals surface area contributed by atoms with Gasteiger partial charge in [0, 0.05) is 6.54 Å². The molecule has 0 spiro atoms. The zero-order valence-electron chi connectivity index (χ0n) is 15.1. The van der Waals surface area contributed by atoms with Gasteiger partial charge in [-0.15, -0.1) is 4.40 Å². The van der Waals surface area contributed by atoms with E-state index in [1.54, 1.807) is 44.4 Å². The molecular formula is C19H17FN2O4S2. The molecule has 0 aromatic heterocycles. The minimum Gasteiger partial charge on any atom is -0.497 e. The summed E-state index contributed by atoms with van der Waals surface area (Å²) in [4.78, 5) is 14.1. The molecule has 1 fully saturated rings. The number of carbonyl (C=O) groups is 1. The lowest BCUT2D eigenvalue weighted by atomic mass is 10.2. The van der Waals surface area contributed by atoms with E-state index in [0.29, 0.717) is 10.7 Å². The van der Waals surface area contributed by atoms with Crippen LogP contribution < -0.4 is 4.74 Å². The van der Waals surface area contributed by atoms with E-state index in [4.69, 9.17) is 4.74 Å². The first-order chi connectivity index (χ1) is 13.3. The number of benzene rings is 2. The number of thioether (sulfide) groups is 1. The number of likely N-dealkylation sites (N-methyl/N-ethyl adjacent to an activating group) is 1. The van der Waals surface area contributed by atoms with Gasteiger partial charge in [-0.2, -0.15) is 8.42 Å². The number of amides is 1. The van der Waals surface area contributed by atoms with Gasteiger partial charge in [0.25, 0.3) is 15.9 Å². The highest BCUT2D eigenvalue weighted by molar-refractivity contribution is 8.19. The molecule has 0 bridgehead atoms. The first-order valence-electron chi connectivity index (χ1n) is 8.30. The third-order valence-corrected chi connectivity index (χ3v) is 6.33. The van der Waals surface area contributed by atoms with Crippen molar-refractivity contribution < 1.29 is 22.3 Å². The molecule has 2 aromatic carbocycles. The molecular weight excluding hydrogens is 403 g/mol. The Balaban J connectivity index is 1.93. The van der Waals surface area contributed by atoms with E-state index >= 15 is 0 Å². The van der Waals surface area contributed by atoms with Crippen LogP contribution in [-0.4, -0.2) is 38.0 Å². The summed E-state index contributed by atoms with van der Waals surface area (Å²) < 4.78 is 47.0. The lowest BCUT2D eigenvalue weighted by Gasteiger charge is -2.11. The SMILES string of the molecule is CCN1C(=O)C(=Cc2ccc(OC)cc2)SC1=NS(=O)(=O)c1ccc(F)cc1. The fourth-order valence-electron chi connectivity index (χ4n) is 2.47. The number of hydrogen-bond acceptors (Lipinski definition) is 5. The van der Waals surface area contributed by atoms with Gasteiger partial charge in [0.2, 0.25) is 0 Å². The number of methoxy groups -OCH3 is 1. The Labute approximate surface area is 166 Å². The molecule has 2 aromatic rings. The molecule has 28 heavy (non-hydrogen) atoms. The van der Waals surface area contributed by atoms with Gasteiger partial charge in [0.15, 0.2) is 5.17 Å². The third-order valence-electron chi connectivity index (χ3n) is 3.93. The van der Waals surface area contributed by atoms with Crippen LogP contribution in [0, 0.1) is 5.82 Å². The minimum absolute atomic E-state index is 0.0663. The molecule has 1 amide bonds. The highest BCUT2D eigenvalue weighted by atomic mass is 32.2. The molecule has 0 N–H and O–H groups in total. The molecule has 9 heteroatoms. The zero-order valence-corrected chi connectivity index (χ0v) is 16.8. The Morgan fingerprint density at radius 1 is 1.14 bits per heavy atom. The van der Waals surface area contributed by atoms with Crippen molar-refractivity contribution in [3.8, 4) is 5.75 Å². The zero-order chi connectivity index (χ0) is 20.3. The fourth-order valence-corrected chi connectivity index (χ4v) is 4.71. The van der Waals surface area contributed by atoms with E-state index in [2.05, 4.69) is 4.40 Å². The van der Waals surface area contributed by atoms with Crippen LogP contribution in [0.25, 0.3) is 6.08 Å². The van der Waals surface area contributed by atoms with Crippen LogP contribution in [0.3, 0.4) is 0 Å². The largest absolute Gasteiger partial charge is 0.497 e. The third kappa shape index (κ3) is 4.26. The van der Waals surface area contributed by atoms with Crippen LogP contribution in [0.4, 0.5) is 4.39 Å². The second kappa shape index (κ2) is 8.15. The van der Waals surface area contributed by atoms with Gasteiger partial charge in [-0.1, -0.05) is 12.1 Å². The number of hydrogen-bond donors (Lipinski definition) is 0. The van der Waals surface area contributed by atoms with Crippen LogP contribution in [-0.2, 0) is 14.8 Å². The quantitative estimate of drug-likeness (QED) is 0.692. The van der Waals surface area contributed by atoms with Gasteiger partial charge in [0.05, 0.1) is 16.9 Å². The van der Waals surface area contributed by atoms with E-state index in [0.717, 1.165) is 41.6 Å². The number of rotatable bonds is 5. The number of sulfonamides is 1. The molecule has 0 unspecified atom stereocenters. The smallest absolute Gasteiger partial charge is 0.284 e. The van der Waals surface area contributed by atoms with Crippen molar-refractivity contribution in [3.05, 3.63) is 64.8 Å². The summed E-state index contributed by atoms with van der Waals surface area (Å²) in [5, 5.41) is 0.0663. The highest BCUT2D eigenvalue weighted by Gasteiger charge is 2.34. The van der Waals surface area contributed by atoms with Gasteiger partial charge in [0.1, 0.15) is 11.6 Å². The second-order valence-corrected chi connectivity index (χ2v) is 8.35. The van der Waals surface area contributed by atoms with Crippen molar-refractivity contribution in [1.29, 1.82) is 0 Å². The Bertz CT molecular complexity index is 1050. The Morgan fingerprint density at radius 3 is 2.36 bits per heavy atom. The first-order valence-corrected chi connectivity index (χ1v) is 10.6. The summed E-state index contributed by atoms with van der Waals surface area (Å²) in [6.07, 6.45) is 1.67. The van der Waals surface area contributed by atoms with Crippen molar-refractivity contribution in [2.45, 2.75) is 11.8 Å². The summed E-state index contributed by atoms with van der Waals surface area (Å²) >= 11 is 0.984. The van der Waals surface area contributed by atoms with Crippen molar-refractivity contribution in [2.24, 2.45) is 4.40 Å². The maximum absolute atomic E-state index is 13.1. The van der Waals surface area contributed by atoms with Crippen LogP contribution in [0.1, 0.15) is 12.5 Å². The molecule has 146 valence electrons. The van der Waals surface area contributed by atoms with Crippen molar-refractivity contribution in [1.82, 2.24) is 4.90 Å².